The van der Waals surface area contributed by atoms with E-state index in [-0.39, 0.29) is 4.75 Å². The van der Waals surface area contributed by atoms with Gasteiger partial charge in [0.15, 0.2) is 0 Å². The second-order valence-electron chi connectivity index (χ2n) is 5.49. The molecule has 0 spiro atoms. The Morgan fingerprint density at radius 1 is 1.21 bits per heavy atom. The van der Waals surface area contributed by atoms with Gasteiger partial charge in [-0.2, -0.15) is 11.8 Å². The molecule has 0 fully saturated rings. The second-order valence-corrected chi connectivity index (χ2v) is 7.00. The molecule has 19 heavy (non-hydrogen) atoms. The Bertz CT molecular complexity index is 404. The topological polar surface area (TPSA) is 49.8 Å². The van der Waals surface area contributed by atoms with Crippen molar-refractivity contribution >= 4 is 23.4 Å². The molecule has 0 amide bonds. The van der Waals surface area contributed by atoms with Gasteiger partial charge in [-0.15, -0.1) is 0 Å². The molecule has 0 aromatic carbocycles. The first kappa shape index (κ1) is 16.1. The second kappa shape index (κ2) is 6.98. The van der Waals surface area contributed by atoms with Crippen molar-refractivity contribution < 1.29 is 0 Å². The van der Waals surface area contributed by atoms with Crippen LogP contribution in [-0.4, -0.2) is 34.1 Å². The molecule has 1 rings (SSSR count). The zero-order valence-corrected chi connectivity index (χ0v) is 13.7. The van der Waals surface area contributed by atoms with Crippen LogP contribution in [-0.2, 0) is 0 Å². The largest absolute Gasteiger partial charge is 0.370 e. The normalized spacial score (nSPS) is 11.7. The summed E-state index contributed by atoms with van der Waals surface area (Å²) in [5.74, 6) is 2.27. The molecule has 1 aromatic heterocycles. The first-order valence-electron chi connectivity index (χ1n) is 6.79. The molecule has 2 N–H and O–H groups in total. The van der Waals surface area contributed by atoms with Crippen LogP contribution in [0.15, 0.2) is 6.33 Å². The van der Waals surface area contributed by atoms with Gasteiger partial charge in [-0.1, -0.05) is 13.8 Å². The van der Waals surface area contributed by atoms with Gasteiger partial charge < -0.3 is 10.6 Å². The van der Waals surface area contributed by atoms with Crippen LogP contribution < -0.4 is 10.6 Å². The van der Waals surface area contributed by atoms with Gasteiger partial charge in [-0.3, -0.25) is 0 Å². The van der Waals surface area contributed by atoms with Crippen molar-refractivity contribution in [2.24, 2.45) is 0 Å². The summed E-state index contributed by atoms with van der Waals surface area (Å²) in [5.41, 5.74) is 1.17. The van der Waals surface area contributed by atoms with Crippen LogP contribution in [0, 0.1) is 0 Å². The molecule has 1 aromatic rings. The van der Waals surface area contributed by atoms with Crippen molar-refractivity contribution in [3.05, 3.63) is 11.9 Å². The summed E-state index contributed by atoms with van der Waals surface area (Å²) >= 11 is 1.85. The molecule has 0 radical (unpaired) electrons. The number of hydrogen-bond donors (Lipinski definition) is 2. The van der Waals surface area contributed by atoms with E-state index >= 15 is 0 Å². The van der Waals surface area contributed by atoms with Gasteiger partial charge in [0, 0.05) is 23.4 Å². The van der Waals surface area contributed by atoms with Crippen molar-refractivity contribution in [1.29, 1.82) is 0 Å². The number of aromatic nitrogens is 2. The van der Waals surface area contributed by atoms with Crippen LogP contribution in [0.25, 0.3) is 0 Å². The van der Waals surface area contributed by atoms with Gasteiger partial charge in [0.25, 0.3) is 0 Å². The number of rotatable bonds is 7. The molecule has 0 unspecified atom stereocenters. The highest BCUT2D eigenvalue weighted by Crippen LogP contribution is 2.29. The summed E-state index contributed by atoms with van der Waals surface area (Å²) in [7, 11) is 0. The Morgan fingerprint density at radius 3 is 2.26 bits per heavy atom. The monoisotopic (exact) mass is 282 g/mol. The molecule has 4 nitrogen and oxygen atoms in total. The lowest BCUT2D eigenvalue weighted by molar-refractivity contribution is 0.744. The Labute approximate surface area is 121 Å². The fourth-order valence-electron chi connectivity index (χ4n) is 1.76. The van der Waals surface area contributed by atoms with Crippen LogP contribution in [0.1, 0.15) is 46.1 Å². The van der Waals surface area contributed by atoms with Gasteiger partial charge >= 0.3 is 0 Å². The van der Waals surface area contributed by atoms with E-state index in [1.807, 2.05) is 11.8 Å². The molecule has 0 saturated heterocycles. The third-order valence-corrected chi connectivity index (χ3v) is 4.29. The molecule has 0 aliphatic rings. The number of nitrogens with one attached hydrogen (secondary N) is 2. The summed E-state index contributed by atoms with van der Waals surface area (Å²) in [4.78, 5) is 8.76. The quantitative estimate of drug-likeness (QED) is 0.800. The average Bonchev–Trinajstić information content (AvgIpc) is 2.36. The lowest BCUT2D eigenvalue weighted by atomic mass is 10.0. The Morgan fingerprint density at radius 2 is 1.79 bits per heavy atom. The summed E-state index contributed by atoms with van der Waals surface area (Å²) in [6.07, 6.45) is 3.76. The molecule has 0 aliphatic heterocycles. The number of thioether (sulfide) groups is 1. The van der Waals surface area contributed by atoms with Crippen molar-refractivity contribution in [1.82, 2.24) is 9.97 Å². The van der Waals surface area contributed by atoms with E-state index in [4.69, 9.17) is 0 Å². The number of anilines is 2. The van der Waals surface area contributed by atoms with Gasteiger partial charge in [-0.05, 0) is 32.9 Å². The van der Waals surface area contributed by atoms with E-state index in [0.29, 0.717) is 5.92 Å². The Hall–Kier alpha value is -0.970. The fourth-order valence-corrected chi connectivity index (χ4v) is 1.98. The van der Waals surface area contributed by atoms with Crippen LogP contribution in [0.4, 0.5) is 11.6 Å². The highest BCUT2D eigenvalue weighted by molar-refractivity contribution is 7.99. The molecule has 1 heterocycles. The smallest absolute Gasteiger partial charge is 0.135 e. The zero-order valence-electron chi connectivity index (χ0n) is 12.9. The maximum Gasteiger partial charge on any atom is 0.135 e. The minimum atomic E-state index is 0.192. The minimum Gasteiger partial charge on any atom is -0.370 e. The summed E-state index contributed by atoms with van der Waals surface area (Å²) in [6.45, 7) is 12.6. The maximum absolute atomic E-state index is 4.41. The molecular formula is C14H26N4S. The number of nitrogens with zero attached hydrogens (tertiary/aromatic N) is 2. The van der Waals surface area contributed by atoms with Crippen molar-refractivity contribution in [3.63, 3.8) is 0 Å². The molecule has 0 aliphatic carbocycles. The van der Waals surface area contributed by atoms with E-state index in [9.17, 15) is 0 Å². The fraction of sp³-hybridized carbons (Fsp3) is 0.714. The zero-order chi connectivity index (χ0) is 14.5. The van der Waals surface area contributed by atoms with Crippen LogP contribution in [0.2, 0.25) is 0 Å². The average molecular weight is 282 g/mol. The first-order chi connectivity index (χ1) is 8.91. The highest BCUT2D eigenvalue weighted by atomic mass is 32.2. The van der Waals surface area contributed by atoms with E-state index in [1.165, 1.54) is 5.56 Å². The highest BCUT2D eigenvalue weighted by Gasteiger charge is 2.19. The van der Waals surface area contributed by atoms with E-state index < -0.39 is 0 Å². The Kier molecular flexibility index (Phi) is 5.91. The van der Waals surface area contributed by atoms with E-state index in [2.05, 4.69) is 61.5 Å². The SMILES string of the molecule is CCNc1ncnc(NCC(C)(C)SC)c1C(C)C. The van der Waals surface area contributed by atoms with Crippen molar-refractivity contribution in [2.75, 3.05) is 30.0 Å². The third-order valence-electron chi connectivity index (χ3n) is 3.04. The van der Waals surface area contributed by atoms with E-state index in [0.717, 1.165) is 24.7 Å². The lowest BCUT2D eigenvalue weighted by Crippen LogP contribution is -2.27. The predicted molar refractivity (Wildman–Crippen MR) is 86.4 cm³/mol. The molecule has 0 atom stereocenters. The van der Waals surface area contributed by atoms with Crippen LogP contribution in [0.5, 0.6) is 0 Å². The molecule has 0 bridgehead atoms. The van der Waals surface area contributed by atoms with Gasteiger partial charge in [0.05, 0.1) is 0 Å². The van der Waals surface area contributed by atoms with Crippen LogP contribution in [0.3, 0.4) is 0 Å². The lowest BCUT2D eigenvalue weighted by Gasteiger charge is -2.24. The summed E-state index contributed by atoms with van der Waals surface area (Å²) in [6, 6.07) is 0. The standard InChI is InChI=1S/C14H26N4S/c1-7-15-12-11(10(2)3)13(18-9-17-12)16-8-14(4,5)19-6/h9-10H,7-8H2,1-6H3,(H2,15,16,17,18). The van der Waals surface area contributed by atoms with Crippen LogP contribution >= 0.6 is 11.8 Å². The summed E-state index contributed by atoms with van der Waals surface area (Å²) in [5, 5.41) is 6.79. The minimum absolute atomic E-state index is 0.192. The maximum atomic E-state index is 4.41. The Balaban J connectivity index is 2.96. The van der Waals surface area contributed by atoms with Gasteiger partial charge in [-0.25, -0.2) is 9.97 Å². The molecule has 0 saturated carbocycles. The van der Waals surface area contributed by atoms with Crippen molar-refractivity contribution in [3.8, 4) is 0 Å². The van der Waals surface area contributed by atoms with E-state index in [1.54, 1.807) is 6.33 Å². The summed E-state index contributed by atoms with van der Waals surface area (Å²) < 4.78 is 0.192. The molecule has 5 heteroatoms. The molecular weight excluding hydrogens is 256 g/mol. The van der Waals surface area contributed by atoms with Gasteiger partial charge in [0.1, 0.15) is 18.0 Å². The number of hydrogen-bond acceptors (Lipinski definition) is 5. The molecule has 108 valence electrons. The predicted octanol–water partition coefficient (Wildman–Crippen LogP) is 3.59. The van der Waals surface area contributed by atoms with Gasteiger partial charge in [0.2, 0.25) is 0 Å². The van der Waals surface area contributed by atoms with Crippen molar-refractivity contribution in [2.45, 2.75) is 45.3 Å². The first-order valence-corrected chi connectivity index (χ1v) is 8.01. The third kappa shape index (κ3) is 4.56.